The Morgan fingerprint density at radius 1 is 1.13 bits per heavy atom. The van der Waals surface area contributed by atoms with Gasteiger partial charge in [0.1, 0.15) is 5.82 Å². The number of amides is 1. The Labute approximate surface area is 174 Å². The van der Waals surface area contributed by atoms with E-state index in [1.54, 1.807) is 36.4 Å². The number of benzene rings is 2. The number of fused-ring (bicyclic) bond motifs is 1. The van der Waals surface area contributed by atoms with E-state index in [-0.39, 0.29) is 23.1 Å². The molecule has 0 unspecified atom stereocenters. The van der Waals surface area contributed by atoms with Gasteiger partial charge in [0.15, 0.2) is 0 Å². The Kier molecular flexibility index (Phi) is 4.51. The van der Waals surface area contributed by atoms with E-state index in [1.807, 2.05) is 12.3 Å². The van der Waals surface area contributed by atoms with Crippen molar-refractivity contribution in [3.05, 3.63) is 71.7 Å². The smallest absolute Gasteiger partial charge is 0.228 e. The number of halogens is 1. The summed E-state index contributed by atoms with van der Waals surface area (Å²) in [6.07, 6.45) is 6.80. The zero-order chi connectivity index (χ0) is 20.7. The van der Waals surface area contributed by atoms with E-state index in [1.165, 1.54) is 11.6 Å². The van der Waals surface area contributed by atoms with Crippen molar-refractivity contribution in [3.63, 3.8) is 0 Å². The van der Waals surface area contributed by atoms with Gasteiger partial charge < -0.3 is 5.32 Å². The average molecular weight is 399 g/mol. The van der Waals surface area contributed by atoms with Gasteiger partial charge in [-0.05, 0) is 97.5 Å². The molecule has 2 aromatic carbocycles. The molecule has 5 heteroatoms. The molecule has 0 bridgehead atoms. The fourth-order valence-corrected chi connectivity index (χ4v) is 5.13. The Hall–Kier alpha value is -3.26. The van der Waals surface area contributed by atoms with E-state index in [2.05, 4.69) is 16.4 Å². The van der Waals surface area contributed by atoms with Crippen LogP contribution in [0.5, 0.6) is 0 Å². The maximum atomic E-state index is 13.8. The minimum atomic E-state index is -0.231. The van der Waals surface area contributed by atoms with Crippen LogP contribution >= 0.6 is 0 Å². The fourth-order valence-electron chi connectivity index (χ4n) is 5.13. The van der Waals surface area contributed by atoms with Crippen LogP contribution in [0, 0.1) is 28.5 Å². The molecule has 2 aliphatic carbocycles. The number of hydrogen-bond donors (Lipinski definition) is 1. The summed E-state index contributed by atoms with van der Waals surface area (Å²) >= 11 is 0. The lowest BCUT2D eigenvalue weighted by Crippen LogP contribution is -2.22. The molecule has 2 aliphatic rings. The van der Waals surface area contributed by atoms with Crippen LogP contribution in [0.1, 0.15) is 49.1 Å². The van der Waals surface area contributed by atoms with Gasteiger partial charge in [-0.2, -0.15) is 5.26 Å². The molecule has 0 saturated heterocycles. The third kappa shape index (κ3) is 3.33. The molecule has 4 nitrogen and oxygen atoms in total. The summed E-state index contributed by atoms with van der Waals surface area (Å²) in [4.78, 5) is 17.1. The van der Waals surface area contributed by atoms with Crippen LogP contribution in [-0.4, -0.2) is 10.9 Å². The predicted octanol–water partition coefficient (Wildman–Crippen LogP) is 5.55. The lowest BCUT2D eigenvalue weighted by molar-refractivity contribution is -0.118. The van der Waals surface area contributed by atoms with Crippen molar-refractivity contribution in [1.29, 1.82) is 5.26 Å². The summed E-state index contributed by atoms with van der Waals surface area (Å²) in [6, 6.07) is 15.9. The van der Waals surface area contributed by atoms with Crippen LogP contribution in [0.3, 0.4) is 0 Å². The third-order valence-corrected chi connectivity index (χ3v) is 6.95. The van der Waals surface area contributed by atoms with Gasteiger partial charge in [-0.25, -0.2) is 4.39 Å². The number of carbonyl (C=O) groups excluding carboxylic acids is 1. The molecular weight excluding hydrogens is 377 g/mol. The summed E-state index contributed by atoms with van der Waals surface area (Å²) in [5.74, 6) is 0.284. The Bertz CT molecular complexity index is 1160. The molecule has 2 saturated carbocycles. The van der Waals surface area contributed by atoms with Crippen LogP contribution in [0.4, 0.5) is 10.1 Å². The molecule has 1 spiro atoms. The molecule has 3 aromatic rings. The summed E-state index contributed by atoms with van der Waals surface area (Å²) in [5, 5.41) is 12.8. The number of anilines is 1. The second-order valence-electron chi connectivity index (χ2n) is 8.63. The standard InChI is InChI=1S/C25H22FN3O/c26-18-3-6-23-21(13-18)20(9-12-28-23)17-7-10-25(11-8-17)14-22(25)24(30)29-19-4-1-16(15-27)2-5-19/h1-6,9,12-13,17,22H,7-8,10-11,14H2,(H,29,30)/t17?,22-,25?/m1/s1. The first-order valence-electron chi connectivity index (χ1n) is 10.4. The van der Waals surface area contributed by atoms with E-state index >= 15 is 0 Å². The number of aromatic nitrogens is 1. The van der Waals surface area contributed by atoms with Gasteiger partial charge in [-0.3, -0.25) is 9.78 Å². The Morgan fingerprint density at radius 3 is 2.63 bits per heavy atom. The molecule has 2 fully saturated rings. The first kappa shape index (κ1) is 18.7. The molecular formula is C25H22FN3O. The molecule has 0 radical (unpaired) electrons. The van der Waals surface area contributed by atoms with Crippen LogP contribution < -0.4 is 5.32 Å². The van der Waals surface area contributed by atoms with E-state index in [0.29, 0.717) is 11.5 Å². The van der Waals surface area contributed by atoms with Crippen LogP contribution in [0.25, 0.3) is 10.9 Å². The van der Waals surface area contributed by atoms with Gasteiger partial charge >= 0.3 is 0 Å². The summed E-state index contributed by atoms with van der Waals surface area (Å²) in [7, 11) is 0. The molecule has 5 rings (SSSR count). The van der Waals surface area contributed by atoms with Crippen molar-refractivity contribution in [1.82, 2.24) is 4.98 Å². The van der Waals surface area contributed by atoms with E-state index in [9.17, 15) is 9.18 Å². The molecule has 1 N–H and O–H groups in total. The normalized spacial score (nSPS) is 25.1. The number of nitriles is 1. The summed E-state index contributed by atoms with van der Waals surface area (Å²) < 4.78 is 13.8. The van der Waals surface area contributed by atoms with E-state index in [4.69, 9.17) is 5.26 Å². The highest BCUT2D eigenvalue weighted by atomic mass is 19.1. The lowest BCUT2D eigenvalue weighted by Gasteiger charge is -2.30. The average Bonchev–Trinajstić information content (AvgIpc) is 3.48. The van der Waals surface area contributed by atoms with Crippen LogP contribution in [0.15, 0.2) is 54.7 Å². The van der Waals surface area contributed by atoms with Crippen LogP contribution in [-0.2, 0) is 4.79 Å². The molecule has 30 heavy (non-hydrogen) atoms. The lowest BCUT2D eigenvalue weighted by atomic mass is 9.75. The van der Waals surface area contributed by atoms with Crippen molar-refractivity contribution in [2.75, 3.05) is 5.32 Å². The number of nitrogens with one attached hydrogen (secondary N) is 1. The maximum absolute atomic E-state index is 13.8. The fraction of sp³-hybridized carbons (Fsp3) is 0.320. The van der Waals surface area contributed by atoms with Crippen molar-refractivity contribution >= 4 is 22.5 Å². The number of pyridine rings is 1. The van der Waals surface area contributed by atoms with Crippen molar-refractivity contribution in [2.45, 2.75) is 38.0 Å². The maximum Gasteiger partial charge on any atom is 0.228 e. The van der Waals surface area contributed by atoms with E-state index in [0.717, 1.165) is 48.7 Å². The second kappa shape index (κ2) is 7.21. The zero-order valence-corrected chi connectivity index (χ0v) is 16.6. The second-order valence-corrected chi connectivity index (χ2v) is 8.63. The number of hydrogen-bond acceptors (Lipinski definition) is 3. The monoisotopic (exact) mass is 399 g/mol. The van der Waals surface area contributed by atoms with Crippen LogP contribution in [0.2, 0.25) is 0 Å². The molecule has 150 valence electrons. The summed E-state index contributed by atoms with van der Waals surface area (Å²) in [5.41, 5.74) is 3.44. The van der Waals surface area contributed by atoms with Gasteiger partial charge in [0.2, 0.25) is 5.91 Å². The number of carbonyl (C=O) groups is 1. The molecule has 0 aliphatic heterocycles. The topological polar surface area (TPSA) is 65.8 Å². The minimum Gasteiger partial charge on any atom is -0.326 e. The van der Waals surface area contributed by atoms with Crippen molar-refractivity contribution in [3.8, 4) is 6.07 Å². The largest absolute Gasteiger partial charge is 0.326 e. The predicted molar refractivity (Wildman–Crippen MR) is 113 cm³/mol. The highest BCUT2D eigenvalue weighted by Gasteiger charge is 2.58. The van der Waals surface area contributed by atoms with E-state index < -0.39 is 0 Å². The van der Waals surface area contributed by atoms with Crippen molar-refractivity contribution < 1.29 is 9.18 Å². The number of nitrogens with zero attached hydrogens (tertiary/aromatic N) is 2. The highest BCUT2D eigenvalue weighted by molar-refractivity contribution is 5.95. The Morgan fingerprint density at radius 2 is 1.90 bits per heavy atom. The SMILES string of the molecule is N#Cc1ccc(NC(=O)[C@H]2CC23CCC(c2ccnc4ccc(F)cc24)CC3)cc1. The first-order chi connectivity index (χ1) is 14.6. The van der Waals surface area contributed by atoms with Gasteiger partial charge in [0.25, 0.3) is 0 Å². The highest BCUT2D eigenvalue weighted by Crippen LogP contribution is 2.63. The quantitative estimate of drug-likeness (QED) is 0.628. The summed E-state index contributed by atoms with van der Waals surface area (Å²) in [6.45, 7) is 0. The molecule has 1 aromatic heterocycles. The van der Waals surface area contributed by atoms with Gasteiger partial charge in [0.05, 0.1) is 17.1 Å². The Balaban J connectivity index is 1.25. The van der Waals surface area contributed by atoms with Gasteiger partial charge in [0, 0.05) is 23.2 Å². The minimum absolute atomic E-state index is 0.0562. The van der Waals surface area contributed by atoms with Gasteiger partial charge in [-0.1, -0.05) is 0 Å². The molecule has 1 heterocycles. The van der Waals surface area contributed by atoms with Gasteiger partial charge in [-0.15, -0.1) is 0 Å². The molecule has 1 amide bonds. The molecule has 1 atom stereocenters. The zero-order valence-electron chi connectivity index (χ0n) is 16.6. The third-order valence-electron chi connectivity index (χ3n) is 6.95. The van der Waals surface area contributed by atoms with Crippen molar-refractivity contribution in [2.24, 2.45) is 11.3 Å². The number of rotatable bonds is 3. The first-order valence-corrected chi connectivity index (χ1v) is 10.4.